The average molecular weight is 299 g/mol. The van der Waals surface area contributed by atoms with Gasteiger partial charge in [-0.05, 0) is 25.7 Å². The molecular weight excluding hydrogens is 279 g/mol. The molecule has 2 fully saturated rings. The van der Waals surface area contributed by atoms with Crippen molar-refractivity contribution in [3.63, 3.8) is 0 Å². The summed E-state index contributed by atoms with van der Waals surface area (Å²) in [6.45, 7) is 0. The topological polar surface area (TPSA) is 0 Å². The Morgan fingerprint density at radius 3 is 1.38 bits per heavy atom. The molecule has 0 heterocycles. The molecule has 2 aliphatic carbocycles. The van der Waals surface area contributed by atoms with E-state index in [1.54, 1.807) is 0 Å². The van der Waals surface area contributed by atoms with Crippen LogP contribution in [0.2, 0.25) is 0 Å². The molecular formula is C12H20Cl2S2. The molecule has 0 N–H and O–H groups in total. The van der Waals surface area contributed by atoms with E-state index in [0.717, 1.165) is 0 Å². The minimum absolute atomic E-state index is 0.392. The normalized spacial score (nSPS) is 40.9. The van der Waals surface area contributed by atoms with Gasteiger partial charge in [0.2, 0.25) is 0 Å². The van der Waals surface area contributed by atoms with Crippen LogP contribution in [0.3, 0.4) is 0 Å². The second-order valence-electron chi connectivity index (χ2n) is 4.87. The van der Waals surface area contributed by atoms with Gasteiger partial charge in [0.25, 0.3) is 0 Å². The average Bonchev–Trinajstić information content (AvgIpc) is 2.30. The fraction of sp³-hybridized carbons (Fsp3) is 1.00. The van der Waals surface area contributed by atoms with Crippen LogP contribution in [-0.2, 0) is 0 Å². The molecule has 94 valence electrons. The van der Waals surface area contributed by atoms with Gasteiger partial charge >= 0.3 is 0 Å². The molecule has 2 saturated carbocycles. The summed E-state index contributed by atoms with van der Waals surface area (Å²) in [5, 5.41) is 2.10. The monoisotopic (exact) mass is 298 g/mol. The zero-order valence-electron chi connectivity index (χ0n) is 9.54. The van der Waals surface area contributed by atoms with Gasteiger partial charge in [0.1, 0.15) is 0 Å². The first-order chi connectivity index (χ1) is 7.77. The van der Waals surface area contributed by atoms with E-state index in [4.69, 9.17) is 23.2 Å². The zero-order chi connectivity index (χ0) is 11.4. The maximum Gasteiger partial charge on any atom is 0.0463 e. The minimum atomic E-state index is 0.392. The van der Waals surface area contributed by atoms with Gasteiger partial charge in [0.05, 0.1) is 0 Å². The summed E-state index contributed by atoms with van der Waals surface area (Å²) in [5.74, 6) is 0. The van der Waals surface area contributed by atoms with Crippen molar-refractivity contribution in [2.45, 2.75) is 72.6 Å². The Labute approximate surface area is 117 Å². The summed E-state index contributed by atoms with van der Waals surface area (Å²) >= 11 is 12.7. The first kappa shape index (κ1) is 13.7. The summed E-state index contributed by atoms with van der Waals surface area (Å²) in [4.78, 5) is 0. The Kier molecular flexibility index (Phi) is 6.01. The lowest BCUT2D eigenvalue weighted by Crippen LogP contribution is -2.24. The van der Waals surface area contributed by atoms with Gasteiger partial charge in [0, 0.05) is 21.3 Å². The van der Waals surface area contributed by atoms with Gasteiger partial charge in [-0.1, -0.05) is 47.3 Å². The highest BCUT2D eigenvalue weighted by Gasteiger charge is 2.28. The van der Waals surface area contributed by atoms with Crippen LogP contribution in [0, 0.1) is 0 Å². The van der Waals surface area contributed by atoms with Gasteiger partial charge in [0.15, 0.2) is 0 Å². The molecule has 0 nitrogen and oxygen atoms in total. The highest BCUT2D eigenvalue weighted by Crippen LogP contribution is 2.44. The Morgan fingerprint density at radius 1 is 0.625 bits per heavy atom. The Morgan fingerprint density at radius 2 is 1.00 bits per heavy atom. The highest BCUT2D eigenvalue weighted by atomic mass is 35.5. The van der Waals surface area contributed by atoms with Gasteiger partial charge in [-0.3, -0.25) is 0 Å². The van der Waals surface area contributed by atoms with Crippen LogP contribution < -0.4 is 0 Å². The number of halogens is 2. The third kappa shape index (κ3) is 3.90. The first-order valence-electron chi connectivity index (χ1n) is 6.37. The predicted octanol–water partition coefficient (Wildman–Crippen LogP) is 5.47. The van der Waals surface area contributed by atoms with Gasteiger partial charge in [-0.2, -0.15) is 0 Å². The molecule has 0 amide bonds. The quantitative estimate of drug-likeness (QED) is 0.501. The Bertz CT molecular complexity index is 191. The third-order valence-electron chi connectivity index (χ3n) is 3.55. The van der Waals surface area contributed by atoms with E-state index in [2.05, 4.69) is 0 Å². The molecule has 0 radical (unpaired) electrons. The van der Waals surface area contributed by atoms with Crippen LogP contribution in [0.15, 0.2) is 0 Å². The fourth-order valence-corrected chi connectivity index (χ4v) is 7.26. The second-order valence-corrected chi connectivity index (χ2v) is 8.74. The lowest BCUT2D eigenvalue weighted by molar-refractivity contribution is 0.521. The Balaban J connectivity index is 1.72. The van der Waals surface area contributed by atoms with Crippen LogP contribution >= 0.6 is 44.8 Å². The molecule has 0 bridgehead atoms. The molecule has 16 heavy (non-hydrogen) atoms. The van der Waals surface area contributed by atoms with Gasteiger partial charge in [-0.25, -0.2) is 0 Å². The van der Waals surface area contributed by atoms with Crippen LogP contribution in [0.25, 0.3) is 0 Å². The van der Waals surface area contributed by atoms with Crippen molar-refractivity contribution in [3.05, 3.63) is 0 Å². The largest absolute Gasteiger partial charge is 0.122 e. The van der Waals surface area contributed by atoms with Crippen molar-refractivity contribution >= 4 is 44.8 Å². The lowest BCUT2D eigenvalue weighted by atomic mass is 10.00. The van der Waals surface area contributed by atoms with Crippen LogP contribution in [-0.4, -0.2) is 21.3 Å². The number of rotatable bonds is 3. The summed E-state index contributed by atoms with van der Waals surface area (Å²) in [6.07, 6.45) is 10.3. The van der Waals surface area contributed by atoms with Gasteiger partial charge in [-0.15, -0.1) is 23.2 Å². The SMILES string of the molecule is Cl[C@@H]1CCCC[C@H]1SS[C@@H]1CCCC[C@H]1Cl. The molecule has 0 spiro atoms. The van der Waals surface area contributed by atoms with Gasteiger partial charge < -0.3 is 0 Å². The zero-order valence-corrected chi connectivity index (χ0v) is 12.7. The lowest BCUT2D eigenvalue weighted by Gasteiger charge is -2.30. The number of hydrogen-bond donors (Lipinski definition) is 0. The molecule has 0 unspecified atom stereocenters. The second kappa shape index (κ2) is 7.01. The van der Waals surface area contributed by atoms with E-state index in [-0.39, 0.29) is 0 Å². The molecule has 0 aromatic heterocycles. The smallest absolute Gasteiger partial charge is 0.0463 e. The van der Waals surface area contributed by atoms with Crippen molar-refractivity contribution in [1.29, 1.82) is 0 Å². The molecule has 0 aliphatic heterocycles. The summed E-state index contributed by atoms with van der Waals surface area (Å²) < 4.78 is 0. The van der Waals surface area contributed by atoms with Crippen molar-refractivity contribution in [2.75, 3.05) is 0 Å². The summed E-state index contributed by atoms with van der Waals surface area (Å²) in [7, 11) is 4.03. The molecule has 0 aromatic rings. The summed E-state index contributed by atoms with van der Waals surface area (Å²) in [5.41, 5.74) is 0. The van der Waals surface area contributed by atoms with E-state index >= 15 is 0 Å². The molecule has 2 rings (SSSR count). The standard InChI is InChI=1S/C12H20Cl2S2/c13-9-5-1-3-7-11(9)15-16-12-8-4-2-6-10(12)14/h9-12H,1-8H2/t9-,10-,11-,12-/m1/s1. The molecule has 2 aliphatic rings. The molecule has 0 saturated heterocycles. The van der Waals surface area contributed by atoms with E-state index in [1.807, 2.05) is 21.6 Å². The van der Waals surface area contributed by atoms with Crippen molar-refractivity contribution in [2.24, 2.45) is 0 Å². The van der Waals surface area contributed by atoms with Crippen molar-refractivity contribution < 1.29 is 0 Å². The maximum absolute atomic E-state index is 6.37. The van der Waals surface area contributed by atoms with Crippen molar-refractivity contribution in [1.82, 2.24) is 0 Å². The third-order valence-corrected chi connectivity index (χ3v) is 8.44. The van der Waals surface area contributed by atoms with E-state index in [9.17, 15) is 0 Å². The number of hydrogen-bond acceptors (Lipinski definition) is 2. The maximum atomic E-state index is 6.37. The predicted molar refractivity (Wildman–Crippen MR) is 79.0 cm³/mol. The van der Waals surface area contributed by atoms with Crippen LogP contribution in [0.1, 0.15) is 51.4 Å². The molecule has 4 heteroatoms. The minimum Gasteiger partial charge on any atom is -0.122 e. The highest BCUT2D eigenvalue weighted by molar-refractivity contribution is 8.77. The summed E-state index contributed by atoms with van der Waals surface area (Å²) in [6, 6.07) is 0. The first-order valence-corrected chi connectivity index (χ1v) is 9.52. The van der Waals surface area contributed by atoms with E-state index in [1.165, 1.54) is 51.4 Å². The van der Waals surface area contributed by atoms with Crippen LogP contribution in [0.4, 0.5) is 0 Å². The van der Waals surface area contributed by atoms with Crippen molar-refractivity contribution in [3.8, 4) is 0 Å². The molecule has 0 aromatic carbocycles. The van der Waals surface area contributed by atoms with E-state index in [0.29, 0.717) is 21.3 Å². The van der Waals surface area contributed by atoms with E-state index < -0.39 is 0 Å². The molecule has 4 atom stereocenters. The Hall–Kier alpha value is 1.28. The van der Waals surface area contributed by atoms with Crippen LogP contribution in [0.5, 0.6) is 0 Å². The number of alkyl halides is 2. The fourth-order valence-electron chi connectivity index (χ4n) is 2.46.